The van der Waals surface area contributed by atoms with E-state index in [1.165, 1.54) is 30.4 Å². The van der Waals surface area contributed by atoms with Crippen LogP contribution < -0.4 is 19.5 Å². The van der Waals surface area contributed by atoms with Crippen LogP contribution in [0.3, 0.4) is 0 Å². The van der Waals surface area contributed by atoms with Crippen LogP contribution in [0.4, 0.5) is 0 Å². The van der Waals surface area contributed by atoms with Crippen molar-refractivity contribution < 1.29 is 14.2 Å². The van der Waals surface area contributed by atoms with Crippen LogP contribution in [0.15, 0.2) is 54.7 Å². The van der Waals surface area contributed by atoms with Gasteiger partial charge in [0.2, 0.25) is 0 Å². The first-order valence-corrected chi connectivity index (χ1v) is 13.6. The SMILES string of the molecule is COc1ccc(-c2cc3c(OCCC4CCCCN4)c(-c4cc(C)cc(C)c4)cnc3cc2Cl)cc1OC. The Labute approximate surface area is 230 Å². The van der Waals surface area contributed by atoms with Gasteiger partial charge >= 0.3 is 0 Å². The molecule has 5 rings (SSSR count). The van der Waals surface area contributed by atoms with Gasteiger partial charge in [0.15, 0.2) is 11.5 Å². The molecule has 198 valence electrons. The number of aromatic nitrogens is 1. The molecule has 1 atom stereocenters. The van der Waals surface area contributed by atoms with E-state index in [0.717, 1.165) is 51.9 Å². The number of pyridine rings is 1. The van der Waals surface area contributed by atoms with Gasteiger partial charge in [-0.3, -0.25) is 4.98 Å². The number of benzene rings is 3. The van der Waals surface area contributed by atoms with Crippen molar-refractivity contribution in [1.82, 2.24) is 10.3 Å². The van der Waals surface area contributed by atoms with Crippen molar-refractivity contribution in [3.63, 3.8) is 0 Å². The molecule has 1 aliphatic heterocycles. The summed E-state index contributed by atoms with van der Waals surface area (Å²) in [5.41, 5.74) is 7.13. The van der Waals surface area contributed by atoms with Gasteiger partial charge in [0.05, 0.1) is 31.4 Å². The van der Waals surface area contributed by atoms with E-state index in [0.29, 0.717) is 29.2 Å². The average molecular weight is 531 g/mol. The van der Waals surface area contributed by atoms with Crippen LogP contribution in [0.2, 0.25) is 5.02 Å². The fraction of sp³-hybridized carbons (Fsp3) is 0.344. The average Bonchev–Trinajstić information content (AvgIpc) is 2.92. The Balaban J connectivity index is 1.62. The summed E-state index contributed by atoms with van der Waals surface area (Å²) in [6.07, 6.45) is 6.60. The van der Waals surface area contributed by atoms with Gasteiger partial charge in [0, 0.05) is 28.8 Å². The molecule has 6 heteroatoms. The first kappa shape index (κ1) is 26.3. The van der Waals surface area contributed by atoms with Crippen LogP contribution >= 0.6 is 11.6 Å². The monoisotopic (exact) mass is 530 g/mol. The number of rotatable bonds is 8. The number of hydrogen-bond donors (Lipinski definition) is 1. The molecule has 4 aromatic rings. The molecular weight excluding hydrogens is 496 g/mol. The van der Waals surface area contributed by atoms with E-state index in [-0.39, 0.29) is 0 Å². The molecule has 2 heterocycles. The first-order chi connectivity index (χ1) is 18.5. The number of methoxy groups -OCH3 is 2. The zero-order valence-electron chi connectivity index (χ0n) is 22.6. The van der Waals surface area contributed by atoms with Gasteiger partial charge in [0.25, 0.3) is 0 Å². The zero-order valence-corrected chi connectivity index (χ0v) is 23.3. The maximum atomic E-state index is 6.80. The Morgan fingerprint density at radius 2 is 1.68 bits per heavy atom. The highest BCUT2D eigenvalue weighted by molar-refractivity contribution is 6.34. The first-order valence-electron chi connectivity index (χ1n) is 13.3. The molecule has 0 aliphatic carbocycles. The van der Waals surface area contributed by atoms with E-state index in [1.807, 2.05) is 30.5 Å². The minimum absolute atomic E-state index is 0.498. The second-order valence-electron chi connectivity index (χ2n) is 10.1. The second kappa shape index (κ2) is 11.6. The third-order valence-corrected chi connectivity index (χ3v) is 7.57. The fourth-order valence-corrected chi connectivity index (χ4v) is 5.65. The Hall–Kier alpha value is -3.28. The lowest BCUT2D eigenvalue weighted by Gasteiger charge is -2.24. The number of fused-ring (bicyclic) bond motifs is 1. The van der Waals surface area contributed by atoms with Crippen molar-refractivity contribution in [2.45, 2.75) is 45.6 Å². The van der Waals surface area contributed by atoms with Gasteiger partial charge in [-0.1, -0.05) is 53.4 Å². The Morgan fingerprint density at radius 1 is 0.895 bits per heavy atom. The van der Waals surface area contributed by atoms with Gasteiger partial charge in [-0.2, -0.15) is 0 Å². The topological polar surface area (TPSA) is 52.6 Å². The number of nitrogens with zero attached hydrogens (tertiary/aromatic N) is 1. The fourth-order valence-electron chi connectivity index (χ4n) is 5.38. The number of ether oxygens (including phenoxy) is 3. The highest BCUT2D eigenvalue weighted by Crippen LogP contribution is 2.42. The lowest BCUT2D eigenvalue weighted by Crippen LogP contribution is -2.35. The summed E-state index contributed by atoms with van der Waals surface area (Å²) >= 11 is 6.80. The third-order valence-electron chi connectivity index (χ3n) is 7.26. The largest absolute Gasteiger partial charge is 0.493 e. The molecule has 3 aromatic carbocycles. The molecule has 1 unspecified atom stereocenters. The highest BCUT2D eigenvalue weighted by Gasteiger charge is 2.18. The van der Waals surface area contributed by atoms with E-state index in [4.69, 9.17) is 30.8 Å². The molecular formula is C32H35ClN2O3. The number of aryl methyl sites for hydroxylation is 2. The maximum absolute atomic E-state index is 6.80. The summed E-state index contributed by atoms with van der Waals surface area (Å²) in [7, 11) is 3.27. The quantitative estimate of drug-likeness (QED) is 0.252. The van der Waals surface area contributed by atoms with Gasteiger partial charge < -0.3 is 19.5 Å². The Kier molecular flexibility index (Phi) is 8.06. The summed E-state index contributed by atoms with van der Waals surface area (Å²) in [5, 5.41) is 5.19. The standard InChI is InChI=1S/C32H35ClN2O3/c1-20-13-21(2)15-23(14-20)27-19-35-29-18-28(33)25(22-8-9-30(36-3)31(16-22)37-4)17-26(29)32(27)38-12-10-24-7-5-6-11-34-24/h8-9,13-19,24,34H,5-7,10-12H2,1-4H3. The smallest absolute Gasteiger partial charge is 0.161 e. The van der Waals surface area contributed by atoms with E-state index in [2.05, 4.69) is 43.4 Å². The molecule has 0 spiro atoms. The normalized spacial score (nSPS) is 15.4. The highest BCUT2D eigenvalue weighted by atomic mass is 35.5. The van der Waals surface area contributed by atoms with E-state index < -0.39 is 0 Å². The van der Waals surface area contributed by atoms with Crippen LogP contribution in [0.5, 0.6) is 17.2 Å². The van der Waals surface area contributed by atoms with Crippen LogP contribution in [-0.2, 0) is 0 Å². The van der Waals surface area contributed by atoms with E-state index in [9.17, 15) is 0 Å². The van der Waals surface area contributed by atoms with Crippen LogP contribution in [0.25, 0.3) is 33.2 Å². The summed E-state index contributed by atoms with van der Waals surface area (Å²) in [5.74, 6) is 2.17. The van der Waals surface area contributed by atoms with Crippen molar-refractivity contribution in [3.8, 4) is 39.5 Å². The van der Waals surface area contributed by atoms with Crippen LogP contribution in [0, 0.1) is 13.8 Å². The van der Waals surface area contributed by atoms with E-state index in [1.54, 1.807) is 14.2 Å². The van der Waals surface area contributed by atoms with Crippen LogP contribution in [0.1, 0.15) is 36.8 Å². The summed E-state index contributed by atoms with van der Waals surface area (Å²) in [6.45, 7) is 5.96. The molecule has 1 aromatic heterocycles. The summed E-state index contributed by atoms with van der Waals surface area (Å²) in [6, 6.07) is 16.9. The van der Waals surface area contributed by atoms with Gasteiger partial charge in [-0.15, -0.1) is 0 Å². The Morgan fingerprint density at radius 3 is 2.39 bits per heavy atom. The van der Waals surface area contributed by atoms with Gasteiger partial charge in [-0.25, -0.2) is 0 Å². The number of hydrogen-bond acceptors (Lipinski definition) is 5. The van der Waals surface area contributed by atoms with Crippen molar-refractivity contribution >= 4 is 22.5 Å². The van der Waals surface area contributed by atoms with E-state index >= 15 is 0 Å². The molecule has 1 saturated heterocycles. The van der Waals surface area contributed by atoms with Crippen LogP contribution in [-0.4, -0.2) is 38.4 Å². The predicted octanol–water partition coefficient (Wildman–Crippen LogP) is 7.77. The molecule has 38 heavy (non-hydrogen) atoms. The van der Waals surface area contributed by atoms with Gasteiger partial charge in [0.1, 0.15) is 5.75 Å². The molecule has 1 fully saturated rings. The molecule has 1 aliphatic rings. The molecule has 5 nitrogen and oxygen atoms in total. The predicted molar refractivity (Wildman–Crippen MR) is 156 cm³/mol. The summed E-state index contributed by atoms with van der Waals surface area (Å²) < 4.78 is 17.6. The lowest BCUT2D eigenvalue weighted by atomic mass is 9.97. The van der Waals surface area contributed by atoms with Gasteiger partial charge in [-0.05, 0) is 75.0 Å². The minimum Gasteiger partial charge on any atom is -0.493 e. The Bertz CT molecular complexity index is 1430. The molecule has 0 amide bonds. The van der Waals surface area contributed by atoms with Crippen molar-refractivity contribution in [3.05, 3.63) is 70.9 Å². The summed E-state index contributed by atoms with van der Waals surface area (Å²) in [4.78, 5) is 4.81. The maximum Gasteiger partial charge on any atom is 0.161 e. The number of nitrogens with one attached hydrogen (secondary N) is 1. The molecule has 0 saturated carbocycles. The second-order valence-corrected chi connectivity index (χ2v) is 10.5. The number of halogens is 1. The van der Waals surface area contributed by atoms with Crippen molar-refractivity contribution in [2.75, 3.05) is 27.4 Å². The lowest BCUT2D eigenvalue weighted by molar-refractivity contribution is 0.271. The molecule has 0 radical (unpaired) electrons. The zero-order chi connectivity index (χ0) is 26.6. The number of piperidine rings is 1. The minimum atomic E-state index is 0.498. The van der Waals surface area contributed by atoms with Crippen molar-refractivity contribution in [2.24, 2.45) is 0 Å². The molecule has 1 N–H and O–H groups in total. The molecule has 0 bridgehead atoms. The van der Waals surface area contributed by atoms with Crippen molar-refractivity contribution in [1.29, 1.82) is 0 Å². The third kappa shape index (κ3) is 5.59.